The number of aliphatic hydroxyl groups is 1. The summed E-state index contributed by atoms with van der Waals surface area (Å²) in [7, 11) is 0. The summed E-state index contributed by atoms with van der Waals surface area (Å²) in [6.07, 6.45) is -7.13. The number of ether oxygens (including phenoxy) is 1. The largest absolute Gasteiger partial charge is 0.490 e. The van der Waals surface area contributed by atoms with Crippen LogP contribution in [0.25, 0.3) is 0 Å². The van der Waals surface area contributed by atoms with Gasteiger partial charge >= 0.3 is 6.18 Å². The van der Waals surface area contributed by atoms with Gasteiger partial charge in [0.15, 0.2) is 6.10 Å². The van der Waals surface area contributed by atoms with Gasteiger partial charge in [0, 0.05) is 12.1 Å². The van der Waals surface area contributed by atoms with Crippen LogP contribution in [0.2, 0.25) is 0 Å². The van der Waals surface area contributed by atoms with Crippen molar-refractivity contribution in [3.8, 4) is 5.75 Å². The van der Waals surface area contributed by atoms with Gasteiger partial charge in [0.1, 0.15) is 12.4 Å². The highest BCUT2D eigenvalue weighted by Gasteiger charge is 2.38. The van der Waals surface area contributed by atoms with Gasteiger partial charge in [-0.05, 0) is 18.5 Å². The Balaban J connectivity index is 2.57. The number of nitrogens with one attached hydrogen (secondary N) is 1. The fourth-order valence-corrected chi connectivity index (χ4v) is 1.55. The number of para-hydroxylation sites is 1. The molecule has 0 heterocycles. The Bertz CT molecular complexity index is 408. The van der Waals surface area contributed by atoms with Crippen molar-refractivity contribution in [1.82, 2.24) is 5.32 Å². The number of benzene rings is 1. The summed E-state index contributed by atoms with van der Waals surface area (Å²) in [5.74, 6) is 0.835. The molecule has 1 rings (SSSR count). The SMILES string of the molecule is CC(C)CNCc1ccccc1OCC(O)C(F)(F)F. The van der Waals surface area contributed by atoms with Crippen LogP contribution in [-0.2, 0) is 6.54 Å². The molecule has 6 heteroatoms. The molecule has 1 atom stereocenters. The summed E-state index contributed by atoms with van der Waals surface area (Å²) in [5, 5.41) is 12.1. The van der Waals surface area contributed by atoms with Crippen molar-refractivity contribution in [2.75, 3.05) is 13.2 Å². The van der Waals surface area contributed by atoms with Crippen molar-refractivity contribution in [3.05, 3.63) is 29.8 Å². The van der Waals surface area contributed by atoms with Gasteiger partial charge in [0.2, 0.25) is 0 Å². The second-order valence-electron chi connectivity index (χ2n) is 5.00. The molecule has 1 aromatic rings. The third-order valence-electron chi connectivity index (χ3n) is 2.62. The van der Waals surface area contributed by atoms with Gasteiger partial charge in [-0.25, -0.2) is 0 Å². The first kappa shape index (κ1) is 16.8. The molecule has 0 aliphatic heterocycles. The normalized spacial score (nSPS) is 13.6. The van der Waals surface area contributed by atoms with Crippen LogP contribution in [0, 0.1) is 5.92 Å². The van der Waals surface area contributed by atoms with E-state index in [0.717, 1.165) is 12.1 Å². The number of alkyl halides is 3. The van der Waals surface area contributed by atoms with E-state index in [1.165, 1.54) is 0 Å². The Hall–Kier alpha value is -1.27. The molecule has 0 fully saturated rings. The summed E-state index contributed by atoms with van der Waals surface area (Å²) in [6.45, 7) is 4.64. The van der Waals surface area contributed by atoms with Crippen molar-refractivity contribution in [2.24, 2.45) is 5.92 Å². The minimum Gasteiger partial charge on any atom is -0.490 e. The van der Waals surface area contributed by atoms with E-state index in [-0.39, 0.29) is 0 Å². The van der Waals surface area contributed by atoms with Gasteiger partial charge in [-0.2, -0.15) is 13.2 Å². The van der Waals surface area contributed by atoms with Crippen LogP contribution < -0.4 is 10.1 Å². The zero-order valence-corrected chi connectivity index (χ0v) is 11.6. The van der Waals surface area contributed by atoms with Crippen molar-refractivity contribution >= 4 is 0 Å². The molecule has 0 saturated carbocycles. The van der Waals surface area contributed by atoms with Crippen LogP contribution >= 0.6 is 0 Å². The number of hydrogen-bond acceptors (Lipinski definition) is 3. The molecule has 0 amide bonds. The molecule has 0 radical (unpaired) electrons. The fourth-order valence-electron chi connectivity index (χ4n) is 1.55. The minimum atomic E-state index is -4.66. The first-order valence-electron chi connectivity index (χ1n) is 6.47. The molecule has 0 saturated heterocycles. The first-order chi connectivity index (χ1) is 9.30. The van der Waals surface area contributed by atoms with Crippen molar-refractivity contribution < 1.29 is 23.0 Å². The molecule has 0 spiro atoms. The Morgan fingerprint density at radius 1 is 1.25 bits per heavy atom. The average molecular weight is 291 g/mol. The number of rotatable bonds is 7. The Morgan fingerprint density at radius 2 is 1.90 bits per heavy atom. The lowest BCUT2D eigenvalue weighted by molar-refractivity contribution is -0.210. The van der Waals surface area contributed by atoms with E-state index in [1.807, 2.05) is 0 Å². The van der Waals surface area contributed by atoms with Gasteiger partial charge in [-0.15, -0.1) is 0 Å². The molecule has 0 aliphatic rings. The van der Waals surface area contributed by atoms with Crippen LogP contribution in [0.5, 0.6) is 5.75 Å². The quantitative estimate of drug-likeness (QED) is 0.811. The van der Waals surface area contributed by atoms with E-state index < -0.39 is 18.9 Å². The standard InChI is InChI=1S/C14H20F3NO2/c1-10(2)7-18-8-11-5-3-4-6-12(11)20-9-13(19)14(15,16)17/h3-6,10,13,18-19H,7-9H2,1-2H3. The van der Waals surface area contributed by atoms with Crippen LogP contribution in [0.3, 0.4) is 0 Å². The Labute approximate surface area is 116 Å². The smallest absolute Gasteiger partial charge is 0.417 e. The molecule has 0 aliphatic carbocycles. The van der Waals surface area contributed by atoms with Crippen LogP contribution in [0.4, 0.5) is 13.2 Å². The molecule has 0 bridgehead atoms. The Kier molecular flexibility index (Phi) is 6.29. The van der Waals surface area contributed by atoms with Gasteiger partial charge in [-0.1, -0.05) is 32.0 Å². The maximum absolute atomic E-state index is 12.2. The maximum Gasteiger partial charge on any atom is 0.417 e. The van der Waals surface area contributed by atoms with Crippen molar-refractivity contribution in [2.45, 2.75) is 32.7 Å². The second kappa shape index (κ2) is 7.50. The number of aliphatic hydroxyl groups excluding tert-OH is 1. The highest BCUT2D eigenvalue weighted by molar-refractivity contribution is 5.33. The van der Waals surface area contributed by atoms with E-state index in [9.17, 15) is 13.2 Å². The van der Waals surface area contributed by atoms with Gasteiger partial charge in [0.05, 0.1) is 0 Å². The molecule has 3 nitrogen and oxygen atoms in total. The molecule has 0 aromatic heterocycles. The third-order valence-corrected chi connectivity index (χ3v) is 2.62. The second-order valence-corrected chi connectivity index (χ2v) is 5.00. The van der Waals surface area contributed by atoms with Gasteiger partial charge in [0.25, 0.3) is 0 Å². The van der Waals surface area contributed by atoms with E-state index in [2.05, 4.69) is 19.2 Å². The predicted molar refractivity (Wildman–Crippen MR) is 70.5 cm³/mol. The lowest BCUT2D eigenvalue weighted by Crippen LogP contribution is -2.34. The fraction of sp³-hybridized carbons (Fsp3) is 0.571. The minimum absolute atomic E-state index is 0.354. The van der Waals surface area contributed by atoms with Crippen LogP contribution in [0.15, 0.2) is 24.3 Å². The summed E-state index contributed by atoms with van der Waals surface area (Å²) in [6, 6.07) is 6.85. The topological polar surface area (TPSA) is 41.5 Å². The third kappa shape index (κ3) is 5.79. The van der Waals surface area contributed by atoms with Crippen LogP contribution in [0.1, 0.15) is 19.4 Å². The molecule has 2 N–H and O–H groups in total. The van der Waals surface area contributed by atoms with Crippen molar-refractivity contribution in [3.63, 3.8) is 0 Å². The summed E-state index contributed by atoms with van der Waals surface area (Å²) in [4.78, 5) is 0. The van der Waals surface area contributed by atoms with Crippen molar-refractivity contribution in [1.29, 1.82) is 0 Å². The summed E-state index contributed by atoms with van der Waals surface area (Å²) >= 11 is 0. The highest BCUT2D eigenvalue weighted by atomic mass is 19.4. The molecular formula is C14H20F3NO2. The maximum atomic E-state index is 12.2. The first-order valence-corrected chi connectivity index (χ1v) is 6.47. The van der Waals surface area contributed by atoms with Gasteiger partial charge < -0.3 is 15.2 Å². The predicted octanol–water partition coefficient (Wildman–Crippen LogP) is 2.73. The zero-order valence-electron chi connectivity index (χ0n) is 11.6. The van der Waals surface area contributed by atoms with E-state index in [0.29, 0.717) is 18.2 Å². The molecule has 1 unspecified atom stereocenters. The van der Waals surface area contributed by atoms with E-state index >= 15 is 0 Å². The molecule has 20 heavy (non-hydrogen) atoms. The van der Waals surface area contributed by atoms with Gasteiger partial charge in [-0.3, -0.25) is 0 Å². The summed E-state index contributed by atoms with van der Waals surface area (Å²) < 4.78 is 41.7. The molecule has 1 aromatic carbocycles. The lowest BCUT2D eigenvalue weighted by atomic mass is 10.2. The highest BCUT2D eigenvalue weighted by Crippen LogP contribution is 2.23. The lowest BCUT2D eigenvalue weighted by Gasteiger charge is -2.17. The average Bonchev–Trinajstić information content (AvgIpc) is 2.35. The van der Waals surface area contributed by atoms with Crippen LogP contribution in [-0.4, -0.2) is 30.5 Å². The number of hydrogen-bond donors (Lipinski definition) is 2. The number of halogens is 3. The molecular weight excluding hydrogens is 271 g/mol. The van der Waals surface area contributed by atoms with E-state index in [4.69, 9.17) is 9.84 Å². The zero-order chi connectivity index (χ0) is 15.2. The monoisotopic (exact) mass is 291 g/mol. The Morgan fingerprint density at radius 3 is 2.50 bits per heavy atom. The molecule has 114 valence electrons. The van der Waals surface area contributed by atoms with E-state index in [1.54, 1.807) is 24.3 Å². The summed E-state index contributed by atoms with van der Waals surface area (Å²) in [5.41, 5.74) is 0.766.